The topological polar surface area (TPSA) is 25.2 Å². The predicted octanol–water partition coefficient (Wildman–Crippen LogP) is 2.26. The molecule has 4 heteroatoms. The summed E-state index contributed by atoms with van der Waals surface area (Å²) in [6.07, 6.45) is 6.97. The van der Waals surface area contributed by atoms with E-state index in [0.717, 1.165) is 0 Å². The minimum absolute atomic E-state index is 0.0748. The highest BCUT2D eigenvalue weighted by molar-refractivity contribution is 6.31. The van der Waals surface area contributed by atoms with Crippen LogP contribution in [0.5, 0.6) is 0 Å². The Morgan fingerprint density at radius 2 is 2.31 bits per heavy atom. The Balaban J connectivity index is 2.98. The van der Waals surface area contributed by atoms with Crippen molar-refractivity contribution in [1.29, 1.82) is 0 Å². The van der Waals surface area contributed by atoms with Crippen molar-refractivity contribution in [1.82, 2.24) is 9.47 Å². The van der Waals surface area contributed by atoms with Crippen LogP contribution in [-0.2, 0) is 6.54 Å². The van der Waals surface area contributed by atoms with Gasteiger partial charge < -0.3 is 9.47 Å². The van der Waals surface area contributed by atoms with Crippen molar-refractivity contribution in [3.05, 3.63) is 23.0 Å². The minimum atomic E-state index is -0.0748. The second kappa shape index (κ2) is 5.62. The van der Waals surface area contributed by atoms with Gasteiger partial charge >= 0.3 is 0 Å². The van der Waals surface area contributed by atoms with Gasteiger partial charge in [-0.15, -0.1) is 6.42 Å². The van der Waals surface area contributed by atoms with Crippen LogP contribution in [0.4, 0.5) is 0 Å². The molecule has 0 fully saturated rings. The molecule has 0 atom stereocenters. The molecule has 1 rings (SSSR count). The smallest absolute Gasteiger partial charge is 0.271 e. The highest BCUT2D eigenvalue weighted by atomic mass is 35.5. The first kappa shape index (κ1) is 12.7. The molecule has 0 spiro atoms. The van der Waals surface area contributed by atoms with Crippen molar-refractivity contribution in [2.45, 2.75) is 20.4 Å². The standard InChI is InChI=1S/C12H15ClN2O/c1-4-7-14(5-2)12(16)11-8-10(13)9-15(11)6-3/h1,8-9H,5-7H2,2-3H3. The molecule has 0 aliphatic heterocycles. The Morgan fingerprint density at radius 1 is 1.62 bits per heavy atom. The van der Waals surface area contributed by atoms with Gasteiger partial charge in [-0.05, 0) is 19.9 Å². The lowest BCUT2D eigenvalue weighted by molar-refractivity contribution is 0.0774. The molecule has 16 heavy (non-hydrogen) atoms. The van der Waals surface area contributed by atoms with E-state index in [1.54, 1.807) is 17.2 Å². The summed E-state index contributed by atoms with van der Waals surface area (Å²) in [5.41, 5.74) is 0.588. The molecule has 0 bridgehead atoms. The first-order chi connectivity index (χ1) is 7.63. The van der Waals surface area contributed by atoms with Crippen LogP contribution in [-0.4, -0.2) is 28.5 Å². The quantitative estimate of drug-likeness (QED) is 0.739. The summed E-state index contributed by atoms with van der Waals surface area (Å²) in [5.74, 6) is 2.40. The highest BCUT2D eigenvalue weighted by Gasteiger charge is 2.17. The maximum Gasteiger partial charge on any atom is 0.271 e. The molecule has 1 aromatic rings. The minimum Gasteiger partial charge on any atom is -0.342 e. The number of nitrogens with zero attached hydrogens (tertiary/aromatic N) is 2. The Labute approximate surface area is 101 Å². The molecular formula is C12H15ClN2O. The van der Waals surface area contributed by atoms with E-state index in [-0.39, 0.29) is 5.91 Å². The van der Waals surface area contributed by atoms with Crippen molar-refractivity contribution in [2.75, 3.05) is 13.1 Å². The van der Waals surface area contributed by atoms with Crippen molar-refractivity contribution in [2.24, 2.45) is 0 Å². The van der Waals surface area contributed by atoms with E-state index in [0.29, 0.717) is 30.4 Å². The molecule has 0 saturated carbocycles. The normalized spacial score (nSPS) is 9.88. The van der Waals surface area contributed by atoms with Crippen LogP contribution in [0, 0.1) is 12.3 Å². The first-order valence-corrected chi connectivity index (χ1v) is 5.60. The highest BCUT2D eigenvalue weighted by Crippen LogP contribution is 2.15. The van der Waals surface area contributed by atoms with Gasteiger partial charge in [0.05, 0.1) is 11.6 Å². The molecule has 0 aliphatic rings. The number of aromatic nitrogens is 1. The van der Waals surface area contributed by atoms with Crippen molar-refractivity contribution >= 4 is 17.5 Å². The van der Waals surface area contributed by atoms with Crippen LogP contribution >= 0.6 is 11.6 Å². The van der Waals surface area contributed by atoms with E-state index in [9.17, 15) is 4.79 Å². The number of aryl methyl sites for hydroxylation is 1. The lowest BCUT2D eigenvalue weighted by atomic mass is 10.3. The maximum atomic E-state index is 12.1. The van der Waals surface area contributed by atoms with Crippen LogP contribution in [0.15, 0.2) is 12.3 Å². The zero-order chi connectivity index (χ0) is 12.1. The number of hydrogen-bond acceptors (Lipinski definition) is 1. The number of carbonyl (C=O) groups is 1. The number of terminal acetylenes is 1. The van der Waals surface area contributed by atoms with Gasteiger partial charge in [0.1, 0.15) is 5.69 Å². The molecule has 1 heterocycles. The summed E-state index contributed by atoms with van der Waals surface area (Å²) < 4.78 is 1.82. The summed E-state index contributed by atoms with van der Waals surface area (Å²) >= 11 is 5.88. The Morgan fingerprint density at radius 3 is 2.81 bits per heavy atom. The first-order valence-electron chi connectivity index (χ1n) is 5.22. The fourth-order valence-corrected chi connectivity index (χ4v) is 1.74. The SMILES string of the molecule is C#CCN(CC)C(=O)c1cc(Cl)cn1CC. The average Bonchev–Trinajstić information content (AvgIpc) is 2.66. The van der Waals surface area contributed by atoms with Crippen LogP contribution < -0.4 is 0 Å². The third-order valence-electron chi connectivity index (χ3n) is 2.37. The van der Waals surface area contributed by atoms with E-state index in [1.807, 2.05) is 18.4 Å². The van der Waals surface area contributed by atoms with Gasteiger partial charge in [-0.3, -0.25) is 4.79 Å². The molecule has 1 aromatic heterocycles. The molecule has 0 aliphatic carbocycles. The predicted molar refractivity (Wildman–Crippen MR) is 65.5 cm³/mol. The summed E-state index contributed by atoms with van der Waals surface area (Å²) in [4.78, 5) is 13.7. The average molecular weight is 239 g/mol. The Kier molecular flexibility index (Phi) is 4.45. The van der Waals surface area contributed by atoms with Crippen LogP contribution in [0.25, 0.3) is 0 Å². The lowest BCUT2D eigenvalue weighted by Gasteiger charge is -2.18. The molecule has 0 N–H and O–H groups in total. The van der Waals surface area contributed by atoms with Crippen LogP contribution in [0.2, 0.25) is 5.02 Å². The summed E-state index contributed by atoms with van der Waals surface area (Å²) in [7, 11) is 0. The fraction of sp³-hybridized carbons (Fsp3) is 0.417. The number of amides is 1. The Bertz CT molecular complexity index is 417. The molecule has 0 radical (unpaired) electrons. The molecule has 86 valence electrons. The zero-order valence-electron chi connectivity index (χ0n) is 9.53. The lowest BCUT2D eigenvalue weighted by Crippen LogP contribution is -2.32. The molecule has 3 nitrogen and oxygen atoms in total. The monoisotopic (exact) mass is 238 g/mol. The largest absolute Gasteiger partial charge is 0.342 e. The molecular weight excluding hydrogens is 224 g/mol. The number of carbonyl (C=O) groups excluding carboxylic acids is 1. The Hall–Kier alpha value is -1.40. The third-order valence-corrected chi connectivity index (χ3v) is 2.58. The molecule has 0 aromatic carbocycles. The zero-order valence-corrected chi connectivity index (χ0v) is 10.3. The van der Waals surface area contributed by atoms with E-state index in [1.165, 1.54) is 0 Å². The molecule has 0 saturated heterocycles. The van der Waals surface area contributed by atoms with Gasteiger partial charge in [0.15, 0.2) is 0 Å². The van der Waals surface area contributed by atoms with Gasteiger partial charge in [-0.25, -0.2) is 0 Å². The number of hydrogen-bond donors (Lipinski definition) is 0. The van der Waals surface area contributed by atoms with E-state index < -0.39 is 0 Å². The number of rotatable bonds is 4. The van der Waals surface area contributed by atoms with Gasteiger partial charge in [0, 0.05) is 19.3 Å². The van der Waals surface area contributed by atoms with Crippen molar-refractivity contribution in [3.63, 3.8) is 0 Å². The maximum absolute atomic E-state index is 12.1. The van der Waals surface area contributed by atoms with E-state index in [4.69, 9.17) is 18.0 Å². The second-order valence-electron chi connectivity index (χ2n) is 3.35. The van der Waals surface area contributed by atoms with Gasteiger partial charge in [0.2, 0.25) is 0 Å². The van der Waals surface area contributed by atoms with Crippen LogP contribution in [0.3, 0.4) is 0 Å². The van der Waals surface area contributed by atoms with E-state index >= 15 is 0 Å². The molecule has 1 amide bonds. The van der Waals surface area contributed by atoms with Gasteiger partial charge in [-0.1, -0.05) is 17.5 Å². The van der Waals surface area contributed by atoms with Crippen molar-refractivity contribution < 1.29 is 4.79 Å². The summed E-state index contributed by atoms with van der Waals surface area (Å²) in [6, 6.07) is 1.67. The van der Waals surface area contributed by atoms with Gasteiger partial charge in [-0.2, -0.15) is 0 Å². The van der Waals surface area contributed by atoms with Crippen LogP contribution in [0.1, 0.15) is 24.3 Å². The van der Waals surface area contributed by atoms with Gasteiger partial charge in [0.25, 0.3) is 5.91 Å². The molecule has 0 unspecified atom stereocenters. The second-order valence-corrected chi connectivity index (χ2v) is 3.79. The number of halogens is 1. The fourth-order valence-electron chi connectivity index (χ4n) is 1.51. The third kappa shape index (κ3) is 2.59. The summed E-state index contributed by atoms with van der Waals surface area (Å²) in [5, 5.41) is 0.571. The van der Waals surface area contributed by atoms with Crippen molar-refractivity contribution in [3.8, 4) is 12.3 Å². The summed E-state index contributed by atoms with van der Waals surface area (Å²) in [6.45, 7) is 5.49. The van der Waals surface area contributed by atoms with E-state index in [2.05, 4.69) is 5.92 Å².